The van der Waals surface area contributed by atoms with Gasteiger partial charge in [0.2, 0.25) is 0 Å². The molecule has 1 N–H and O–H groups in total. The summed E-state index contributed by atoms with van der Waals surface area (Å²) in [7, 11) is 1.40. The average molecular weight is 256 g/mol. The maximum absolute atomic E-state index is 10.8. The van der Waals surface area contributed by atoms with E-state index in [2.05, 4.69) is 4.74 Å². The summed E-state index contributed by atoms with van der Waals surface area (Å²) in [6.45, 7) is 1.46. The second-order valence-corrected chi connectivity index (χ2v) is 4.42. The highest BCUT2D eigenvalue weighted by atomic mass is 16.5. The Hall–Kier alpha value is -1.16. The second-order valence-electron chi connectivity index (χ2n) is 4.42. The van der Waals surface area contributed by atoms with E-state index in [1.807, 2.05) is 0 Å². The van der Waals surface area contributed by atoms with Crippen LogP contribution in [-0.2, 0) is 14.3 Å². The smallest absolute Gasteiger partial charge is 0.305 e. The summed E-state index contributed by atoms with van der Waals surface area (Å²) in [6, 6.07) is 0. The van der Waals surface area contributed by atoms with Crippen LogP contribution in [-0.4, -0.2) is 30.1 Å². The number of methoxy groups -OCH3 is 1. The van der Waals surface area contributed by atoms with Gasteiger partial charge in [-0.05, 0) is 25.8 Å². The third kappa shape index (κ3) is 11.3. The third-order valence-corrected chi connectivity index (χ3v) is 2.66. The number of ether oxygens (including phenoxy) is 1. The summed E-state index contributed by atoms with van der Waals surface area (Å²) >= 11 is 0. The molecule has 0 aromatic rings. The van der Waals surface area contributed by atoms with Gasteiger partial charge in [0.05, 0.1) is 13.2 Å². The molecule has 0 heterocycles. The molecule has 0 aliphatic carbocycles. The number of hydrogen-bond acceptors (Lipinski definition) is 4. The molecule has 0 rings (SSSR count). The van der Waals surface area contributed by atoms with Gasteiger partial charge in [0.25, 0.3) is 0 Å². The molecule has 0 bridgehead atoms. The summed E-state index contributed by atoms with van der Waals surface area (Å²) in [6.07, 6.45) is 8.48. The van der Waals surface area contributed by atoms with Crippen LogP contribution in [0.5, 0.6) is 0 Å². The zero-order chi connectivity index (χ0) is 13.8. The van der Waals surface area contributed by atoms with Crippen molar-refractivity contribution < 1.29 is 19.4 Å². The highest BCUT2D eigenvalue weighted by Crippen LogP contribution is 2.09. The lowest BCUT2D eigenvalue weighted by Gasteiger charge is -2.05. The highest BCUT2D eigenvalue weighted by molar-refractivity contribution is 5.87. The molecule has 0 aromatic heterocycles. The van der Waals surface area contributed by atoms with E-state index in [4.69, 9.17) is 0 Å². The van der Waals surface area contributed by atoms with Crippen LogP contribution in [0, 0.1) is 0 Å². The zero-order valence-corrected chi connectivity index (χ0v) is 11.4. The lowest BCUT2D eigenvalue weighted by molar-refractivity contribution is -0.140. The Labute approximate surface area is 109 Å². The van der Waals surface area contributed by atoms with Crippen LogP contribution in [0.3, 0.4) is 0 Å². The summed E-state index contributed by atoms with van der Waals surface area (Å²) in [5.74, 6) is -0.198. The molecule has 4 heteroatoms. The molecule has 0 fully saturated rings. The van der Waals surface area contributed by atoms with Gasteiger partial charge in [0.15, 0.2) is 5.78 Å². The largest absolute Gasteiger partial charge is 0.469 e. The predicted octanol–water partition coefficient (Wildman–Crippen LogP) is 2.40. The standard InChI is InChI=1S/C14H24O4/c1-12(15)10-11-13(16)8-6-4-3-5-7-9-14(17)18-2/h10-11,13,16H,3-9H2,1-2H3/b11-10+. The van der Waals surface area contributed by atoms with E-state index in [-0.39, 0.29) is 11.8 Å². The molecule has 0 aromatic carbocycles. The van der Waals surface area contributed by atoms with Crippen LogP contribution < -0.4 is 0 Å². The van der Waals surface area contributed by atoms with Gasteiger partial charge in [-0.15, -0.1) is 0 Å². The Morgan fingerprint density at radius 2 is 1.78 bits per heavy atom. The number of unbranched alkanes of at least 4 members (excludes halogenated alkanes) is 4. The van der Waals surface area contributed by atoms with Crippen molar-refractivity contribution in [2.75, 3.05) is 7.11 Å². The molecule has 1 unspecified atom stereocenters. The number of carbonyl (C=O) groups excluding carboxylic acids is 2. The van der Waals surface area contributed by atoms with Gasteiger partial charge in [0.1, 0.15) is 0 Å². The van der Waals surface area contributed by atoms with Gasteiger partial charge in [-0.25, -0.2) is 0 Å². The average Bonchev–Trinajstić information content (AvgIpc) is 2.34. The summed E-state index contributed by atoms with van der Waals surface area (Å²) in [4.78, 5) is 21.5. The maximum atomic E-state index is 10.8. The minimum atomic E-state index is -0.524. The van der Waals surface area contributed by atoms with Crippen molar-refractivity contribution in [3.63, 3.8) is 0 Å². The van der Waals surface area contributed by atoms with E-state index in [1.165, 1.54) is 20.1 Å². The molecule has 4 nitrogen and oxygen atoms in total. The molecule has 0 aliphatic rings. The van der Waals surface area contributed by atoms with Gasteiger partial charge >= 0.3 is 5.97 Å². The van der Waals surface area contributed by atoms with E-state index < -0.39 is 6.10 Å². The summed E-state index contributed by atoms with van der Waals surface area (Å²) in [5.41, 5.74) is 0. The zero-order valence-electron chi connectivity index (χ0n) is 11.4. The SMILES string of the molecule is COC(=O)CCCCCCCC(O)/C=C/C(C)=O. The van der Waals surface area contributed by atoms with Crippen molar-refractivity contribution >= 4 is 11.8 Å². The predicted molar refractivity (Wildman–Crippen MR) is 70.2 cm³/mol. The quantitative estimate of drug-likeness (QED) is 0.370. The molecule has 0 amide bonds. The fourth-order valence-corrected chi connectivity index (χ4v) is 1.60. The molecule has 0 saturated heterocycles. The first-order valence-corrected chi connectivity index (χ1v) is 6.50. The minimum absolute atomic E-state index is 0.0446. The Kier molecular flexibility index (Phi) is 10.3. The van der Waals surface area contributed by atoms with Crippen molar-refractivity contribution in [2.24, 2.45) is 0 Å². The number of allylic oxidation sites excluding steroid dienone is 1. The topological polar surface area (TPSA) is 63.6 Å². The number of ketones is 1. The van der Waals surface area contributed by atoms with Gasteiger partial charge in [-0.1, -0.05) is 31.8 Å². The van der Waals surface area contributed by atoms with Crippen molar-refractivity contribution in [1.82, 2.24) is 0 Å². The van der Waals surface area contributed by atoms with Gasteiger partial charge in [-0.3, -0.25) is 9.59 Å². The normalized spacial score (nSPS) is 12.6. The third-order valence-electron chi connectivity index (χ3n) is 2.66. The summed E-state index contributed by atoms with van der Waals surface area (Å²) < 4.78 is 4.55. The van der Waals surface area contributed by atoms with E-state index in [0.717, 1.165) is 32.1 Å². The lowest BCUT2D eigenvalue weighted by Crippen LogP contribution is -2.02. The number of hydrogen-bond donors (Lipinski definition) is 1. The molecule has 104 valence electrons. The number of esters is 1. The Bertz CT molecular complexity index is 271. The van der Waals surface area contributed by atoms with E-state index in [1.54, 1.807) is 6.08 Å². The molecule has 0 spiro atoms. The molecule has 1 atom stereocenters. The van der Waals surface area contributed by atoms with Gasteiger partial charge in [-0.2, -0.15) is 0 Å². The van der Waals surface area contributed by atoms with Crippen LogP contribution in [0.25, 0.3) is 0 Å². The second kappa shape index (κ2) is 11.0. The first-order valence-electron chi connectivity index (χ1n) is 6.50. The molecule has 18 heavy (non-hydrogen) atoms. The Morgan fingerprint density at radius 3 is 2.39 bits per heavy atom. The van der Waals surface area contributed by atoms with Crippen LogP contribution in [0.1, 0.15) is 51.9 Å². The van der Waals surface area contributed by atoms with Gasteiger partial charge in [0, 0.05) is 6.42 Å². The molecular formula is C14H24O4. The number of carbonyl (C=O) groups is 2. The first-order chi connectivity index (χ1) is 8.56. The maximum Gasteiger partial charge on any atom is 0.305 e. The lowest BCUT2D eigenvalue weighted by atomic mass is 10.1. The first kappa shape index (κ1) is 16.8. The van der Waals surface area contributed by atoms with Crippen molar-refractivity contribution in [2.45, 2.75) is 58.0 Å². The van der Waals surface area contributed by atoms with Crippen molar-refractivity contribution in [3.8, 4) is 0 Å². The number of rotatable bonds is 10. The Balaban J connectivity index is 3.35. The summed E-state index contributed by atoms with van der Waals surface area (Å²) in [5, 5.41) is 9.51. The number of aliphatic hydroxyl groups is 1. The van der Waals surface area contributed by atoms with Crippen molar-refractivity contribution in [1.29, 1.82) is 0 Å². The Morgan fingerprint density at radius 1 is 1.17 bits per heavy atom. The van der Waals surface area contributed by atoms with Crippen LogP contribution in [0.4, 0.5) is 0 Å². The molecule has 0 saturated carbocycles. The van der Waals surface area contributed by atoms with Gasteiger partial charge < -0.3 is 9.84 Å². The number of aliphatic hydroxyl groups excluding tert-OH is 1. The monoisotopic (exact) mass is 256 g/mol. The van der Waals surface area contributed by atoms with E-state index >= 15 is 0 Å². The van der Waals surface area contributed by atoms with Crippen LogP contribution in [0.15, 0.2) is 12.2 Å². The van der Waals surface area contributed by atoms with E-state index in [0.29, 0.717) is 12.8 Å². The minimum Gasteiger partial charge on any atom is -0.469 e. The molecule has 0 aliphatic heterocycles. The molecular weight excluding hydrogens is 232 g/mol. The highest BCUT2D eigenvalue weighted by Gasteiger charge is 2.01. The van der Waals surface area contributed by atoms with E-state index in [9.17, 15) is 14.7 Å². The van der Waals surface area contributed by atoms with Crippen molar-refractivity contribution in [3.05, 3.63) is 12.2 Å². The van der Waals surface area contributed by atoms with Crippen LogP contribution >= 0.6 is 0 Å². The fourth-order valence-electron chi connectivity index (χ4n) is 1.60. The fraction of sp³-hybridized carbons (Fsp3) is 0.714. The van der Waals surface area contributed by atoms with Crippen LogP contribution in [0.2, 0.25) is 0 Å². The molecule has 0 radical (unpaired) electrons.